The maximum Gasteiger partial charge on any atom is 0.191 e. The second kappa shape index (κ2) is 11.6. The van der Waals surface area contributed by atoms with Crippen molar-refractivity contribution in [1.82, 2.24) is 30.8 Å². The zero-order valence-corrected chi connectivity index (χ0v) is 18.6. The summed E-state index contributed by atoms with van der Waals surface area (Å²) in [5.74, 6) is 1.53. The molecule has 0 bridgehead atoms. The Morgan fingerprint density at radius 3 is 2.75 bits per heavy atom. The lowest BCUT2D eigenvalue weighted by Crippen LogP contribution is -2.38. The van der Waals surface area contributed by atoms with Crippen LogP contribution in [-0.4, -0.2) is 39.2 Å². The predicted octanol–water partition coefficient (Wildman–Crippen LogP) is 3.44. The van der Waals surface area contributed by atoms with Crippen molar-refractivity contribution in [2.75, 3.05) is 13.1 Å². The smallest absolute Gasteiger partial charge is 0.191 e. The van der Waals surface area contributed by atoms with Gasteiger partial charge in [0.2, 0.25) is 0 Å². The van der Waals surface area contributed by atoms with Gasteiger partial charge in [-0.2, -0.15) is 5.10 Å². The Balaban J connectivity index is 0.00000280. The average Bonchev–Trinajstić information content (AvgIpc) is 3.23. The van der Waals surface area contributed by atoms with Crippen LogP contribution in [0.4, 0.5) is 0 Å². The number of aromatic nitrogens is 4. The van der Waals surface area contributed by atoms with Crippen molar-refractivity contribution in [2.24, 2.45) is 4.99 Å². The van der Waals surface area contributed by atoms with Gasteiger partial charge in [-0.25, -0.2) is 15.0 Å². The molecule has 0 atom stereocenters. The first-order valence-corrected chi connectivity index (χ1v) is 9.19. The van der Waals surface area contributed by atoms with Gasteiger partial charge in [0.25, 0.3) is 0 Å². The third-order valence-electron chi connectivity index (χ3n) is 3.87. The van der Waals surface area contributed by atoms with Gasteiger partial charge in [-0.15, -0.1) is 24.0 Å². The molecular weight excluding hydrogens is 489 g/mol. The number of H-pyrrole nitrogens is 1. The van der Waals surface area contributed by atoms with E-state index in [1.54, 1.807) is 12.3 Å². The maximum absolute atomic E-state index is 5.82. The van der Waals surface area contributed by atoms with Crippen molar-refractivity contribution in [2.45, 2.75) is 19.9 Å². The van der Waals surface area contributed by atoms with E-state index in [-0.39, 0.29) is 24.0 Å². The van der Waals surface area contributed by atoms with Crippen molar-refractivity contribution < 1.29 is 0 Å². The molecule has 0 aliphatic carbocycles. The van der Waals surface area contributed by atoms with Gasteiger partial charge in [-0.05, 0) is 36.6 Å². The first-order chi connectivity index (χ1) is 13.2. The van der Waals surface area contributed by atoms with Gasteiger partial charge >= 0.3 is 0 Å². The fourth-order valence-corrected chi connectivity index (χ4v) is 2.66. The highest BCUT2D eigenvalue weighted by Gasteiger charge is 2.03. The highest BCUT2D eigenvalue weighted by Crippen LogP contribution is 2.15. The SMILES string of the molecule is CCNC(=NCc1cccc(-c2ncn[nH]2)c1)NCCc1ccc(Cl)nc1.I. The van der Waals surface area contributed by atoms with Crippen LogP contribution in [0.3, 0.4) is 0 Å². The molecule has 0 aliphatic rings. The number of aromatic amines is 1. The molecule has 0 unspecified atom stereocenters. The summed E-state index contributed by atoms with van der Waals surface area (Å²) in [5, 5.41) is 13.9. The minimum atomic E-state index is 0. The molecule has 1 aromatic carbocycles. The van der Waals surface area contributed by atoms with Crippen LogP contribution in [0.2, 0.25) is 5.15 Å². The minimum Gasteiger partial charge on any atom is -0.357 e. The van der Waals surface area contributed by atoms with Gasteiger partial charge in [0.15, 0.2) is 11.8 Å². The monoisotopic (exact) mass is 511 g/mol. The quantitative estimate of drug-likeness (QED) is 0.196. The maximum atomic E-state index is 5.82. The number of pyridine rings is 1. The number of guanidine groups is 1. The van der Waals surface area contributed by atoms with Crippen LogP contribution < -0.4 is 10.6 Å². The van der Waals surface area contributed by atoms with Crippen LogP contribution in [0.25, 0.3) is 11.4 Å². The molecule has 2 aromatic heterocycles. The Bertz CT molecular complexity index is 866. The first-order valence-electron chi connectivity index (χ1n) is 8.82. The number of benzene rings is 1. The van der Waals surface area contributed by atoms with E-state index < -0.39 is 0 Å². The molecule has 0 fully saturated rings. The van der Waals surface area contributed by atoms with Gasteiger partial charge < -0.3 is 10.6 Å². The fourth-order valence-electron chi connectivity index (χ4n) is 2.55. The number of rotatable bonds is 7. The lowest BCUT2D eigenvalue weighted by molar-refractivity contribution is 0.798. The highest BCUT2D eigenvalue weighted by molar-refractivity contribution is 14.0. The Hall–Kier alpha value is -2.20. The zero-order valence-electron chi connectivity index (χ0n) is 15.5. The number of aliphatic imine (C=N–C) groups is 1. The van der Waals surface area contributed by atoms with Crippen molar-refractivity contribution >= 4 is 41.5 Å². The van der Waals surface area contributed by atoms with E-state index in [1.807, 2.05) is 31.2 Å². The van der Waals surface area contributed by atoms with Crippen LogP contribution in [-0.2, 0) is 13.0 Å². The fraction of sp³-hybridized carbons (Fsp3) is 0.263. The molecule has 148 valence electrons. The molecule has 28 heavy (non-hydrogen) atoms. The number of halogens is 2. The number of hydrogen-bond acceptors (Lipinski definition) is 4. The van der Waals surface area contributed by atoms with Crippen LogP contribution in [0, 0.1) is 0 Å². The predicted molar refractivity (Wildman–Crippen MR) is 123 cm³/mol. The standard InChI is InChI=1S/C19H22ClN7.HI/c1-2-21-19(22-9-8-14-6-7-17(20)23-11-14)24-12-15-4-3-5-16(10-15)18-25-13-26-27-18;/h3-7,10-11,13H,2,8-9,12H2,1H3,(H2,21,22,24)(H,25,26,27);1H. The minimum absolute atomic E-state index is 0. The summed E-state index contributed by atoms with van der Waals surface area (Å²) in [7, 11) is 0. The molecule has 2 heterocycles. The number of nitrogens with zero attached hydrogens (tertiary/aromatic N) is 4. The molecule has 3 rings (SSSR count). The van der Waals surface area contributed by atoms with E-state index in [0.29, 0.717) is 11.7 Å². The largest absolute Gasteiger partial charge is 0.357 e. The molecule has 9 heteroatoms. The summed E-state index contributed by atoms with van der Waals surface area (Å²) in [6.45, 7) is 4.17. The highest BCUT2D eigenvalue weighted by atomic mass is 127. The Morgan fingerprint density at radius 1 is 1.14 bits per heavy atom. The normalized spacial score (nSPS) is 11.0. The van der Waals surface area contributed by atoms with E-state index in [2.05, 4.69) is 41.9 Å². The number of hydrogen-bond donors (Lipinski definition) is 3. The van der Waals surface area contributed by atoms with Crippen molar-refractivity contribution in [3.63, 3.8) is 0 Å². The molecule has 0 saturated heterocycles. The molecule has 0 aliphatic heterocycles. The summed E-state index contributed by atoms with van der Waals surface area (Å²) in [4.78, 5) is 12.9. The molecule has 3 N–H and O–H groups in total. The van der Waals surface area contributed by atoms with E-state index >= 15 is 0 Å². The molecular formula is C19H23ClIN7. The average molecular weight is 512 g/mol. The van der Waals surface area contributed by atoms with Gasteiger partial charge in [-0.1, -0.05) is 35.9 Å². The van der Waals surface area contributed by atoms with E-state index in [1.165, 1.54) is 6.33 Å². The van der Waals surface area contributed by atoms with Gasteiger partial charge in [0.1, 0.15) is 11.5 Å². The second-order valence-electron chi connectivity index (χ2n) is 5.90. The van der Waals surface area contributed by atoms with Crippen LogP contribution >= 0.6 is 35.6 Å². The summed E-state index contributed by atoms with van der Waals surface area (Å²) in [5.41, 5.74) is 3.22. The topological polar surface area (TPSA) is 90.9 Å². The van der Waals surface area contributed by atoms with Crippen molar-refractivity contribution in [3.05, 3.63) is 65.2 Å². The van der Waals surface area contributed by atoms with Gasteiger partial charge in [0, 0.05) is 24.8 Å². The summed E-state index contributed by atoms with van der Waals surface area (Å²) >= 11 is 5.82. The van der Waals surface area contributed by atoms with Crippen LogP contribution in [0.5, 0.6) is 0 Å². The lowest BCUT2D eigenvalue weighted by atomic mass is 10.1. The molecule has 0 spiro atoms. The summed E-state index contributed by atoms with van der Waals surface area (Å²) < 4.78 is 0. The van der Waals surface area contributed by atoms with E-state index in [4.69, 9.17) is 11.6 Å². The van der Waals surface area contributed by atoms with Crippen molar-refractivity contribution in [3.8, 4) is 11.4 Å². The Kier molecular flexibility index (Phi) is 9.15. The Morgan fingerprint density at radius 2 is 2.04 bits per heavy atom. The van der Waals surface area contributed by atoms with Crippen molar-refractivity contribution in [1.29, 1.82) is 0 Å². The second-order valence-corrected chi connectivity index (χ2v) is 6.28. The molecule has 0 saturated carbocycles. The van der Waals surface area contributed by atoms with Crippen LogP contribution in [0.15, 0.2) is 53.9 Å². The third kappa shape index (κ3) is 6.75. The van der Waals surface area contributed by atoms with E-state index in [0.717, 1.165) is 48.0 Å². The zero-order chi connectivity index (χ0) is 18.9. The molecule has 3 aromatic rings. The Labute approximate surface area is 186 Å². The van der Waals surface area contributed by atoms with Gasteiger partial charge in [0.05, 0.1) is 6.54 Å². The summed E-state index contributed by atoms with van der Waals surface area (Å²) in [6.07, 6.45) is 4.14. The molecule has 0 radical (unpaired) electrons. The molecule has 0 amide bonds. The number of nitrogens with one attached hydrogen (secondary N) is 3. The first kappa shape index (κ1) is 22.1. The molecule has 7 nitrogen and oxygen atoms in total. The van der Waals surface area contributed by atoms with E-state index in [9.17, 15) is 0 Å². The third-order valence-corrected chi connectivity index (χ3v) is 4.10. The lowest BCUT2D eigenvalue weighted by Gasteiger charge is -2.11. The van der Waals surface area contributed by atoms with Gasteiger partial charge in [-0.3, -0.25) is 5.10 Å². The van der Waals surface area contributed by atoms with Crippen LogP contribution in [0.1, 0.15) is 18.1 Å². The summed E-state index contributed by atoms with van der Waals surface area (Å²) in [6, 6.07) is 11.9.